The van der Waals surface area contributed by atoms with E-state index in [1.807, 2.05) is 0 Å². The third-order valence-electron chi connectivity index (χ3n) is 2.24. The lowest BCUT2D eigenvalue weighted by molar-refractivity contribution is 0.0614. The number of aliphatic hydroxyl groups excluding tert-OH is 1. The van der Waals surface area contributed by atoms with Gasteiger partial charge in [-0.05, 0) is 6.42 Å². The summed E-state index contributed by atoms with van der Waals surface area (Å²) in [4.78, 5) is 2.33. The largest absolute Gasteiger partial charge is 0.396 e. The molecule has 2 heteroatoms. The van der Waals surface area contributed by atoms with Gasteiger partial charge in [0.15, 0.2) is 0 Å². The predicted molar refractivity (Wildman–Crippen MR) is 46.4 cm³/mol. The molecule has 0 spiro atoms. The zero-order valence-corrected chi connectivity index (χ0v) is 7.21. The quantitative estimate of drug-likeness (QED) is 0.609. The Morgan fingerprint density at radius 3 is 2.73 bits per heavy atom. The molecule has 2 nitrogen and oxygen atoms in total. The van der Waals surface area contributed by atoms with Gasteiger partial charge >= 0.3 is 0 Å². The van der Waals surface area contributed by atoms with Gasteiger partial charge in [0.2, 0.25) is 0 Å². The molecule has 0 saturated carbocycles. The predicted octanol–water partition coefficient (Wildman–Crippen LogP) is 0.877. The average Bonchev–Trinajstić information content (AvgIpc) is 1.95. The number of likely N-dealkylation sites (tertiary alicyclic amines) is 1. The van der Waals surface area contributed by atoms with Crippen molar-refractivity contribution in [3.63, 3.8) is 0 Å². The molecule has 0 amide bonds. The fourth-order valence-electron chi connectivity index (χ4n) is 1.35. The first kappa shape index (κ1) is 8.75. The van der Waals surface area contributed by atoms with Crippen LogP contribution in [0.15, 0.2) is 12.2 Å². The van der Waals surface area contributed by atoms with Gasteiger partial charge in [0.05, 0.1) is 0 Å². The van der Waals surface area contributed by atoms with E-state index in [-0.39, 0.29) is 0 Å². The van der Waals surface area contributed by atoms with Crippen LogP contribution in [0.5, 0.6) is 0 Å². The average molecular weight is 155 g/mol. The summed E-state index contributed by atoms with van der Waals surface area (Å²) in [5, 5.41) is 8.75. The van der Waals surface area contributed by atoms with Crippen LogP contribution in [-0.2, 0) is 0 Å². The van der Waals surface area contributed by atoms with Gasteiger partial charge < -0.3 is 5.11 Å². The maximum atomic E-state index is 8.75. The van der Waals surface area contributed by atoms with Crippen molar-refractivity contribution in [3.8, 4) is 0 Å². The van der Waals surface area contributed by atoms with E-state index >= 15 is 0 Å². The minimum Gasteiger partial charge on any atom is -0.396 e. The number of hydrogen-bond donors (Lipinski definition) is 1. The second kappa shape index (κ2) is 3.88. The summed E-state index contributed by atoms with van der Waals surface area (Å²) in [6.45, 7) is 9.54. The Labute approximate surface area is 68.5 Å². The van der Waals surface area contributed by atoms with Crippen molar-refractivity contribution < 1.29 is 5.11 Å². The molecule has 1 rings (SSSR count). The summed E-state index contributed by atoms with van der Waals surface area (Å²) in [7, 11) is 0. The molecule has 0 radical (unpaired) electrons. The van der Waals surface area contributed by atoms with E-state index in [2.05, 4.69) is 18.4 Å². The normalized spacial score (nSPS) is 19.8. The lowest BCUT2D eigenvalue weighted by Crippen LogP contribution is -2.48. The van der Waals surface area contributed by atoms with E-state index in [9.17, 15) is 0 Å². The molecule has 0 unspecified atom stereocenters. The molecule has 1 fully saturated rings. The van der Waals surface area contributed by atoms with Gasteiger partial charge in [0, 0.05) is 32.2 Å². The molecule has 0 aromatic carbocycles. The minimum absolute atomic E-state index is 0.342. The van der Waals surface area contributed by atoms with Crippen LogP contribution in [0.3, 0.4) is 0 Å². The van der Waals surface area contributed by atoms with Crippen molar-refractivity contribution in [1.29, 1.82) is 0 Å². The number of aliphatic hydroxyl groups is 1. The second-order valence-electron chi connectivity index (χ2n) is 3.35. The number of rotatable bonds is 4. The van der Waals surface area contributed by atoms with Gasteiger partial charge in [-0.3, -0.25) is 4.90 Å². The van der Waals surface area contributed by atoms with Gasteiger partial charge in [-0.1, -0.05) is 19.1 Å². The molecular formula is C9H17NO. The molecule has 0 aromatic rings. The first-order valence-corrected chi connectivity index (χ1v) is 4.26. The molecule has 0 bridgehead atoms. The molecule has 1 heterocycles. The summed E-state index contributed by atoms with van der Waals surface area (Å²) in [6, 6.07) is 0. The van der Waals surface area contributed by atoms with E-state index in [1.54, 1.807) is 0 Å². The van der Waals surface area contributed by atoms with E-state index in [1.165, 1.54) is 5.57 Å². The van der Waals surface area contributed by atoms with Crippen LogP contribution in [0, 0.1) is 5.92 Å². The number of hydrogen-bond acceptors (Lipinski definition) is 2. The summed E-state index contributed by atoms with van der Waals surface area (Å²) < 4.78 is 0. The summed E-state index contributed by atoms with van der Waals surface area (Å²) in [5.41, 5.74) is 1.29. The van der Waals surface area contributed by atoms with E-state index < -0.39 is 0 Å². The Morgan fingerprint density at radius 1 is 1.64 bits per heavy atom. The number of nitrogens with zero attached hydrogens (tertiary/aromatic N) is 1. The standard InChI is InChI=1S/C9H17NO/c1-3-8(2)4-10-5-9(6-10)7-11/h9,11H,2-7H2,1H3. The topological polar surface area (TPSA) is 23.5 Å². The monoisotopic (exact) mass is 155 g/mol. The van der Waals surface area contributed by atoms with Crippen LogP contribution in [-0.4, -0.2) is 36.2 Å². The molecular weight excluding hydrogens is 138 g/mol. The molecule has 1 aliphatic heterocycles. The van der Waals surface area contributed by atoms with Crippen molar-refractivity contribution in [2.45, 2.75) is 13.3 Å². The van der Waals surface area contributed by atoms with Crippen molar-refractivity contribution in [2.24, 2.45) is 5.92 Å². The molecule has 0 aliphatic carbocycles. The van der Waals surface area contributed by atoms with Crippen molar-refractivity contribution in [1.82, 2.24) is 4.90 Å². The third-order valence-corrected chi connectivity index (χ3v) is 2.24. The van der Waals surface area contributed by atoms with E-state index in [4.69, 9.17) is 5.11 Å². The third kappa shape index (κ3) is 2.31. The highest BCUT2D eigenvalue weighted by molar-refractivity contribution is 4.98. The Hall–Kier alpha value is -0.340. The highest BCUT2D eigenvalue weighted by atomic mass is 16.3. The summed E-state index contributed by atoms with van der Waals surface area (Å²) in [5.74, 6) is 0.527. The van der Waals surface area contributed by atoms with Crippen LogP contribution in [0.2, 0.25) is 0 Å². The van der Waals surface area contributed by atoms with Crippen molar-refractivity contribution in [2.75, 3.05) is 26.2 Å². The van der Waals surface area contributed by atoms with Gasteiger partial charge in [-0.15, -0.1) is 0 Å². The maximum Gasteiger partial charge on any atom is 0.0483 e. The van der Waals surface area contributed by atoms with Crippen LogP contribution >= 0.6 is 0 Å². The zero-order chi connectivity index (χ0) is 8.27. The van der Waals surface area contributed by atoms with E-state index in [0.717, 1.165) is 26.1 Å². The molecule has 0 aromatic heterocycles. The van der Waals surface area contributed by atoms with Crippen LogP contribution in [0.4, 0.5) is 0 Å². The first-order chi connectivity index (χ1) is 5.26. The molecule has 1 N–H and O–H groups in total. The van der Waals surface area contributed by atoms with Crippen LogP contribution in [0.1, 0.15) is 13.3 Å². The lowest BCUT2D eigenvalue weighted by Gasteiger charge is -2.38. The zero-order valence-electron chi connectivity index (χ0n) is 7.21. The molecule has 1 saturated heterocycles. The smallest absolute Gasteiger partial charge is 0.0483 e. The molecule has 64 valence electrons. The lowest BCUT2D eigenvalue weighted by atomic mass is 10.0. The highest BCUT2D eigenvalue weighted by Crippen LogP contribution is 2.16. The SMILES string of the molecule is C=C(CC)CN1CC(CO)C1. The Morgan fingerprint density at radius 2 is 2.27 bits per heavy atom. The van der Waals surface area contributed by atoms with Crippen molar-refractivity contribution in [3.05, 3.63) is 12.2 Å². The fourth-order valence-corrected chi connectivity index (χ4v) is 1.35. The Bertz CT molecular complexity index is 138. The fraction of sp³-hybridized carbons (Fsp3) is 0.778. The van der Waals surface area contributed by atoms with E-state index in [0.29, 0.717) is 12.5 Å². The highest BCUT2D eigenvalue weighted by Gasteiger charge is 2.25. The van der Waals surface area contributed by atoms with Gasteiger partial charge in [-0.25, -0.2) is 0 Å². The molecule has 0 atom stereocenters. The maximum absolute atomic E-state index is 8.75. The first-order valence-electron chi connectivity index (χ1n) is 4.26. The van der Waals surface area contributed by atoms with Crippen LogP contribution in [0.25, 0.3) is 0 Å². The van der Waals surface area contributed by atoms with Crippen LogP contribution < -0.4 is 0 Å². The second-order valence-corrected chi connectivity index (χ2v) is 3.35. The van der Waals surface area contributed by atoms with Crippen molar-refractivity contribution >= 4 is 0 Å². The summed E-state index contributed by atoms with van der Waals surface area (Å²) >= 11 is 0. The summed E-state index contributed by atoms with van der Waals surface area (Å²) in [6.07, 6.45) is 1.07. The van der Waals surface area contributed by atoms with Gasteiger partial charge in [-0.2, -0.15) is 0 Å². The van der Waals surface area contributed by atoms with Gasteiger partial charge in [0.25, 0.3) is 0 Å². The van der Waals surface area contributed by atoms with Gasteiger partial charge in [0.1, 0.15) is 0 Å². The minimum atomic E-state index is 0.342. The Kier molecular flexibility index (Phi) is 3.09. The molecule has 1 aliphatic rings. The molecule has 11 heavy (non-hydrogen) atoms. The Balaban J connectivity index is 2.08.